The Labute approximate surface area is 100 Å². The quantitative estimate of drug-likeness (QED) is 0.383. The molecule has 5 nitrogen and oxygen atoms in total. The van der Waals surface area contributed by atoms with Crippen molar-refractivity contribution in [3.8, 4) is 0 Å². The third-order valence-corrected chi connectivity index (χ3v) is 1.99. The maximum atomic E-state index is 8.15. The Kier molecular flexibility index (Phi) is 8.65. The number of rotatable bonds is 4. The summed E-state index contributed by atoms with van der Waals surface area (Å²) < 4.78 is 0. The van der Waals surface area contributed by atoms with Crippen molar-refractivity contribution < 1.29 is 10.2 Å². The normalized spacial score (nSPS) is 9.44. The molecule has 0 spiro atoms. The molecular weight excluding hydrogens is 230 g/mol. The van der Waals surface area contributed by atoms with Crippen LogP contribution in [0.5, 0.6) is 0 Å². The van der Waals surface area contributed by atoms with E-state index in [0.717, 1.165) is 0 Å². The number of nitrogen functional groups attached to an aromatic ring is 2. The molecule has 0 heterocycles. The number of aliphatic hydroxyl groups excluding tert-OH is 2. The molecule has 1 aromatic rings. The van der Waals surface area contributed by atoms with Crippen molar-refractivity contribution in [2.24, 2.45) is 0 Å². The van der Waals surface area contributed by atoms with Gasteiger partial charge in [0.25, 0.3) is 0 Å². The first-order valence-corrected chi connectivity index (χ1v) is 5.23. The van der Waals surface area contributed by atoms with Gasteiger partial charge in [0.05, 0.1) is 29.6 Å². The number of halogens is 1. The summed E-state index contributed by atoms with van der Waals surface area (Å²) in [5.74, 6) is 0. The van der Waals surface area contributed by atoms with Crippen LogP contribution in [0.25, 0.3) is 0 Å². The highest BCUT2D eigenvalue weighted by atomic mass is 35.5. The molecule has 16 heavy (non-hydrogen) atoms. The van der Waals surface area contributed by atoms with Crippen molar-refractivity contribution in [3.05, 3.63) is 23.2 Å². The Bertz CT molecular complexity index is 273. The zero-order valence-electron chi connectivity index (χ0n) is 8.99. The summed E-state index contributed by atoms with van der Waals surface area (Å²) in [6.45, 7) is 1.42. The van der Waals surface area contributed by atoms with Gasteiger partial charge in [0, 0.05) is 13.1 Å². The summed E-state index contributed by atoms with van der Waals surface area (Å²) in [7, 11) is 0. The molecule has 0 saturated carbocycles. The molecule has 0 radical (unpaired) electrons. The Balaban J connectivity index is 0.000000293. The topological polar surface area (TPSA) is 105 Å². The average molecular weight is 248 g/mol. The molecular formula is C10H18ClN3O2. The van der Waals surface area contributed by atoms with Crippen molar-refractivity contribution in [2.45, 2.75) is 0 Å². The third kappa shape index (κ3) is 6.47. The van der Waals surface area contributed by atoms with E-state index in [9.17, 15) is 0 Å². The van der Waals surface area contributed by atoms with Crippen LogP contribution >= 0.6 is 11.6 Å². The van der Waals surface area contributed by atoms with Crippen LogP contribution in [0.4, 0.5) is 11.4 Å². The molecule has 0 amide bonds. The van der Waals surface area contributed by atoms with Gasteiger partial charge in [-0.15, -0.1) is 0 Å². The molecule has 1 aromatic carbocycles. The minimum Gasteiger partial charge on any atom is -0.397 e. The van der Waals surface area contributed by atoms with E-state index < -0.39 is 0 Å². The number of aliphatic hydroxyl groups is 2. The number of hydrogen-bond acceptors (Lipinski definition) is 5. The fraction of sp³-hybridized carbons (Fsp3) is 0.400. The van der Waals surface area contributed by atoms with Gasteiger partial charge in [-0.25, -0.2) is 0 Å². The van der Waals surface area contributed by atoms with Crippen molar-refractivity contribution in [3.63, 3.8) is 0 Å². The first-order valence-electron chi connectivity index (χ1n) is 4.85. The zero-order chi connectivity index (χ0) is 12.4. The maximum absolute atomic E-state index is 8.15. The fourth-order valence-electron chi connectivity index (χ4n) is 0.837. The predicted molar refractivity (Wildman–Crippen MR) is 67.3 cm³/mol. The van der Waals surface area contributed by atoms with Gasteiger partial charge in [0.15, 0.2) is 0 Å². The van der Waals surface area contributed by atoms with E-state index in [4.69, 9.17) is 33.3 Å². The van der Waals surface area contributed by atoms with Crippen LogP contribution in [0.15, 0.2) is 18.2 Å². The maximum Gasteiger partial charge on any atom is 0.0737 e. The van der Waals surface area contributed by atoms with Gasteiger partial charge in [-0.1, -0.05) is 17.7 Å². The lowest BCUT2D eigenvalue weighted by Crippen LogP contribution is -2.21. The van der Waals surface area contributed by atoms with Crippen LogP contribution < -0.4 is 16.8 Å². The first-order chi connectivity index (χ1) is 7.63. The molecule has 92 valence electrons. The van der Waals surface area contributed by atoms with Gasteiger partial charge in [-0.2, -0.15) is 0 Å². The SMILES string of the molecule is Nc1cccc(Cl)c1N.OCCNCCO. The monoisotopic (exact) mass is 247 g/mol. The molecule has 0 fully saturated rings. The minimum absolute atomic E-state index is 0.139. The van der Waals surface area contributed by atoms with Gasteiger partial charge in [-0.05, 0) is 12.1 Å². The summed E-state index contributed by atoms with van der Waals surface area (Å²) in [6, 6.07) is 5.17. The highest BCUT2D eigenvalue weighted by Crippen LogP contribution is 2.23. The molecule has 0 unspecified atom stereocenters. The Morgan fingerprint density at radius 1 is 1.12 bits per heavy atom. The fourth-order valence-corrected chi connectivity index (χ4v) is 1.02. The van der Waals surface area contributed by atoms with Gasteiger partial charge in [-0.3, -0.25) is 0 Å². The summed E-state index contributed by atoms with van der Waals surface area (Å²) in [5, 5.41) is 19.6. The average Bonchev–Trinajstić information content (AvgIpc) is 2.27. The summed E-state index contributed by atoms with van der Waals surface area (Å²) in [6.07, 6.45) is 0. The number of nitrogens with two attached hydrogens (primary N) is 2. The Morgan fingerprint density at radius 2 is 1.69 bits per heavy atom. The second kappa shape index (κ2) is 9.23. The molecule has 0 aliphatic rings. The van der Waals surface area contributed by atoms with Crippen LogP contribution in [0.2, 0.25) is 5.02 Å². The minimum atomic E-state index is 0.139. The Morgan fingerprint density at radius 3 is 2.06 bits per heavy atom. The third-order valence-electron chi connectivity index (χ3n) is 1.66. The molecule has 0 atom stereocenters. The van der Waals surface area contributed by atoms with Crippen LogP contribution in [0, 0.1) is 0 Å². The molecule has 0 aromatic heterocycles. The highest BCUT2D eigenvalue weighted by Gasteiger charge is 1.95. The second-order valence-electron chi connectivity index (χ2n) is 2.94. The molecule has 0 aliphatic heterocycles. The van der Waals surface area contributed by atoms with Gasteiger partial charge in [0.1, 0.15) is 0 Å². The molecule has 0 bridgehead atoms. The lowest BCUT2D eigenvalue weighted by atomic mass is 10.3. The Hall–Kier alpha value is -1.01. The lowest BCUT2D eigenvalue weighted by Gasteiger charge is -1.98. The summed E-state index contributed by atoms with van der Waals surface area (Å²) in [4.78, 5) is 0. The largest absolute Gasteiger partial charge is 0.397 e. The van der Waals surface area contributed by atoms with Crippen LogP contribution in [0.1, 0.15) is 0 Å². The molecule has 1 rings (SSSR count). The van der Waals surface area contributed by atoms with Crippen molar-refractivity contribution in [1.29, 1.82) is 0 Å². The van der Waals surface area contributed by atoms with Gasteiger partial charge >= 0.3 is 0 Å². The standard InChI is InChI=1S/C6H7ClN2.C4H11NO2/c7-4-2-1-3-5(8)6(4)9;6-3-1-5-2-4-7/h1-3H,8-9H2;5-7H,1-4H2. The van der Waals surface area contributed by atoms with Crippen molar-refractivity contribution in [2.75, 3.05) is 37.8 Å². The lowest BCUT2D eigenvalue weighted by molar-refractivity contribution is 0.267. The van der Waals surface area contributed by atoms with E-state index in [1.807, 2.05) is 0 Å². The molecule has 0 saturated heterocycles. The summed E-state index contributed by atoms with van der Waals surface area (Å²) >= 11 is 5.61. The molecule has 6 heteroatoms. The zero-order valence-corrected chi connectivity index (χ0v) is 9.74. The van der Waals surface area contributed by atoms with Gasteiger partial charge in [0.2, 0.25) is 0 Å². The van der Waals surface area contributed by atoms with E-state index in [1.165, 1.54) is 0 Å². The second-order valence-corrected chi connectivity index (χ2v) is 3.35. The molecule has 0 aliphatic carbocycles. The number of para-hydroxylation sites is 1. The van der Waals surface area contributed by atoms with Crippen LogP contribution in [-0.2, 0) is 0 Å². The number of benzene rings is 1. The number of nitrogens with one attached hydrogen (secondary N) is 1. The van der Waals surface area contributed by atoms with E-state index in [1.54, 1.807) is 18.2 Å². The smallest absolute Gasteiger partial charge is 0.0737 e. The van der Waals surface area contributed by atoms with E-state index in [-0.39, 0.29) is 13.2 Å². The molecule has 7 N–H and O–H groups in total. The summed E-state index contributed by atoms with van der Waals surface area (Å²) in [5.41, 5.74) is 11.8. The number of anilines is 2. The van der Waals surface area contributed by atoms with Crippen molar-refractivity contribution in [1.82, 2.24) is 5.32 Å². The van der Waals surface area contributed by atoms with Gasteiger partial charge < -0.3 is 27.0 Å². The number of hydrogen-bond donors (Lipinski definition) is 5. The van der Waals surface area contributed by atoms with E-state index in [2.05, 4.69) is 5.32 Å². The first kappa shape index (κ1) is 15.0. The van der Waals surface area contributed by atoms with Crippen LogP contribution in [0.3, 0.4) is 0 Å². The highest BCUT2D eigenvalue weighted by molar-refractivity contribution is 6.33. The van der Waals surface area contributed by atoms with E-state index in [0.29, 0.717) is 29.5 Å². The van der Waals surface area contributed by atoms with Crippen molar-refractivity contribution >= 4 is 23.0 Å². The van der Waals surface area contributed by atoms with Crippen LogP contribution in [-0.4, -0.2) is 36.5 Å². The van der Waals surface area contributed by atoms with E-state index >= 15 is 0 Å². The predicted octanol–water partition coefficient (Wildman–Crippen LogP) is 0.0650.